The molecule has 27 heavy (non-hydrogen) atoms. The van der Waals surface area contributed by atoms with Gasteiger partial charge in [0.25, 0.3) is 5.69 Å². The molecule has 0 bridgehead atoms. The number of thiocarbonyl (C=S) groups is 1. The van der Waals surface area contributed by atoms with Crippen molar-refractivity contribution in [2.75, 3.05) is 5.32 Å². The molecule has 0 aliphatic rings. The van der Waals surface area contributed by atoms with Crippen molar-refractivity contribution in [3.63, 3.8) is 0 Å². The summed E-state index contributed by atoms with van der Waals surface area (Å²) in [4.78, 5) is 33.2. The van der Waals surface area contributed by atoms with Gasteiger partial charge in [-0.2, -0.15) is 0 Å². The number of rotatable bonds is 5. The van der Waals surface area contributed by atoms with E-state index in [-0.39, 0.29) is 16.4 Å². The van der Waals surface area contributed by atoms with Crippen molar-refractivity contribution in [2.24, 2.45) is 0 Å². The quantitative estimate of drug-likeness (QED) is 0.313. The maximum atomic E-state index is 11.9. The predicted molar refractivity (Wildman–Crippen MR) is 105 cm³/mol. The van der Waals surface area contributed by atoms with Crippen LogP contribution in [0.1, 0.15) is 21.5 Å². The van der Waals surface area contributed by atoms with Crippen molar-refractivity contribution in [2.45, 2.75) is 6.92 Å². The number of carboxylic acid groups (broad SMARTS) is 1. The molecule has 0 aliphatic carbocycles. The van der Waals surface area contributed by atoms with Crippen LogP contribution in [0.3, 0.4) is 0 Å². The Hall–Kier alpha value is -3.59. The lowest BCUT2D eigenvalue weighted by Crippen LogP contribution is -2.33. The number of nitrogens with one attached hydrogen (secondary N) is 2. The standard InChI is InChI=1S/C18H15N3O5S/c1-11-5-7-13(17(23)24)10-15(11)19-18(27)20-16(22)8-6-12-3-2-4-14(9-12)21(25)26/h2-10H,1H3,(H,23,24)(H2,19,20,22,27)/b8-6+. The highest BCUT2D eigenvalue weighted by Gasteiger charge is 2.09. The number of aromatic carboxylic acids is 1. The lowest BCUT2D eigenvalue weighted by atomic mass is 10.1. The molecule has 0 saturated heterocycles. The maximum absolute atomic E-state index is 11.9. The molecular formula is C18H15N3O5S. The SMILES string of the molecule is Cc1ccc(C(=O)O)cc1NC(=S)NC(=O)/C=C/c1cccc([N+](=O)[O-])c1. The fourth-order valence-electron chi connectivity index (χ4n) is 2.11. The Kier molecular flexibility index (Phi) is 6.34. The van der Waals surface area contributed by atoms with Crippen molar-refractivity contribution in [1.82, 2.24) is 5.32 Å². The van der Waals surface area contributed by atoms with E-state index in [9.17, 15) is 19.7 Å². The van der Waals surface area contributed by atoms with Gasteiger partial charge in [-0.15, -0.1) is 0 Å². The summed E-state index contributed by atoms with van der Waals surface area (Å²) in [5.41, 5.74) is 1.71. The number of nitro groups is 1. The molecule has 0 aromatic heterocycles. The second kappa shape index (κ2) is 8.68. The fraction of sp³-hybridized carbons (Fsp3) is 0.0556. The van der Waals surface area contributed by atoms with Crippen LogP contribution in [0.2, 0.25) is 0 Å². The minimum Gasteiger partial charge on any atom is -0.478 e. The number of amides is 1. The summed E-state index contributed by atoms with van der Waals surface area (Å²) in [6.45, 7) is 1.76. The highest BCUT2D eigenvalue weighted by Crippen LogP contribution is 2.17. The molecule has 0 saturated carbocycles. The van der Waals surface area contributed by atoms with Gasteiger partial charge in [0.2, 0.25) is 5.91 Å². The van der Waals surface area contributed by atoms with Gasteiger partial charge in [0.05, 0.1) is 10.5 Å². The summed E-state index contributed by atoms with van der Waals surface area (Å²) in [7, 11) is 0. The van der Waals surface area contributed by atoms with Crippen molar-refractivity contribution >= 4 is 46.7 Å². The van der Waals surface area contributed by atoms with E-state index in [4.69, 9.17) is 17.3 Å². The minimum atomic E-state index is -1.08. The van der Waals surface area contributed by atoms with E-state index in [0.29, 0.717) is 11.3 Å². The summed E-state index contributed by atoms with van der Waals surface area (Å²) in [6, 6.07) is 10.3. The molecule has 2 rings (SSSR count). The first-order valence-electron chi connectivity index (χ1n) is 7.64. The van der Waals surface area contributed by atoms with Gasteiger partial charge in [-0.25, -0.2) is 4.79 Å². The zero-order valence-corrected chi connectivity index (χ0v) is 14.9. The number of hydrogen-bond acceptors (Lipinski definition) is 5. The van der Waals surface area contributed by atoms with Crippen molar-refractivity contribution in [3.8, 4) is 0 Å². The average molecular weight is 385 g/mol. The van der Waals surface area contributed by atoms with Crippen molar-refractivity contribution in [3.05, 3.63) is 75.3 Å². The molecule has 0 spiro atoms. The summed E-state index contributed by atoms with van der Waals surface area (Å²) in [5.74, 6) is -1.61. The summed E-state index contributed by atoms with van der Waals surface area (Å²) in [5, 5.41) is 25.0. The van der Waals surface area contributed by atoms with Crippen molar-refractivity contribution < 1.29 is 19.6 Å². The topological polar surface area (TPSA) is 122 Å². The third-order valence-electron chi connectivity index (χ3n) is 3.48. The van der Waals surface area contributed by atoms with E-state index in [1.807, 2.05) is 0 Å². The Labute approximate surface area is 159 Å². The second-order valence-electron chi connectivity index (χ2n) is 5.46. The highest BCUT2D eigenvalue weighted by molar-refractivity contribution is 7.80. The summed E-state index contributed by atoms with van der Waals surface area (Å²) in [6.07, 6.45) is 2.61. The molecule has 8 nitrogen and oxygen atoms in total. The van der Waals surface area contributed by atoms with Gasteiger partial charge in [-0.3, -0.25) is 20.2 Å². The number of carbonyl (C=O) groups is 2. The lowest BCUT2D eigenvalue weighted by Gasteiger charge is -2.11. The van der Waals surface area contributed by atoms with Crippen molar-refractivity contribution in [1.29, 1.82) is 0 Å². The van der Waals surface area contributed by atoms with Gasteiger partial charge < -0.3 is 10.4 Å². The predicted octanol–water partition coefficient (Wildman–Crippen LogP) is 3.13. The fourth-order valence-corrected chi connectivity index (χ4v) is 2.32. The first-order chi connectivity index (χ1) is 12.8. The molecule has 0 aliphatic heterocycles. The molecular weight excluding hydrogens is 370 g/mol. The average Bonchev–Trinajstić information content (AvgIpc) is 2.61. The van der Waals surface area contributed by atoms with E-state index in [1.54, 1.807) is 19.1 Å². The van der Waals surface area contributed by atoms with Gasteiger partial charge in [0, 0.05) is 23.9 Å². The highest BCUT2D eigenvalue weighted by atomic mass is 32.1. The van der Waals surface area contributed by atoms with Crippen LogP contribution in [0.4, 0.5) is 11.4 Å². The van der Waals surface area contributed by atoms with Crippen LogP contribution in [-0.2, 0) is 4.79 Å². The van der Waals surface area contributed by atoms with Crippen LogP contribution >= 0.6 is 12.2 Å². The number of aryl methyl sites for hydroxylation is 1. The number of nitro benzene ring substituents is 1. The Morgan fingerprint density at radius 2 is 1.96 bits per heavy atom. The normalized spacial score (nSPS) is 10.4. The van der Waals surface area contributed by atoms with Crippen LogP contribution in [0.5, 0.6) is 0 Å². The smallest absolute Gasteiger partial charge is 0.335 e. The molecule has 9 heteroatoms. The molecule has 0 radical (unpaired) electrons. The molecule has 0 atom stereocenters. The number of carboxylic acids is 1. The third-order valence-corrected chi connectivity index (χ3v) is 3.68. The van der Waals surface area contributed by atoms with E-state index in [0.717, 1.165) is 5.56 Å². The molecule has 3 N–H and O–H groups in total. The van der Waals surface area contributed by atoms with Gasteiger partial charge in [-0.1, -0.05) is 18.2 Å². The Bertz CT molecular complexity index is 956. The van der Waals surface area contributed by atoms with Gasteiger partial charge >= 0.3 is 5.97 Å². The first kappa shape index (κ1) is 19.7. The number of anilines is 1. The molecule has 0 unspecified atom stereocenters. The number of carbonyl (C=O) groups excluding carboxylic acids is 1. The van der Waals surface area contributed by atoms with Crippen LogP contribution in [0, 0.1) is 17.0 Å². The van der Waals surface area contributed by atoms with E-state index >= 15 is 0 Å². The van der Waals surface area contributed by atoms with Crippen LogP contribution in [0.15, 0.2) is 48.5 Å². The van der Waals surface area contributed by atoms with Crippen LogP contribution in [0.25, 0.3) is 6.08 Å². The van der Waals surface area contributed by atoms with Gasteiger partial charge in [0.15, 0.2) is 5.11 Å². The molecule has 1 amide bonds. The molecule has 2 aromatic rings. The van der Waals surface area contributed by atoms with Gasteiger partial charge in [-0.05, 0) is 48.5 Å². The molecule has 0 heterocycles. The number of nitrogens with zero attached hydrogens (tertiary/aromatic N) is 1. The summed E-state index contributed by atoms with van der Waals surface area (Å²) < 4.78 is 0. The third kappa shape index (κ3) is 5.72. The Morgan fingerprint density at radius 3 is 2.63 bits per heavy atom. The first-order valence-corrected chi connectivity index (χ1v) is 8.05. The Balaban J connectivity index is 2.01. The van der Waals surface area contributed by atoms with Crippen LogP contribution < -0.4 is 10.6 Å². The second-order valence-corrected chi connectivity index (χ2v) is 5.87. The monoisotopic (exact) mass is 385 g/mol. The van der Waals surface area contributed by atoms with E-state index in [2.05, 4.69) is 10.6 Å². The molecule has 2 aromatic carbocycles. The lowest BCUT2D eigenvalue weighted by molar-refractivity contribution is -0.384. The minimum absolute atomic E-state index is 0.00525. The van der Waals surface area contributed by atoms with E-state index < -0.39 is 16.8 Å². The number of non-ortho nitro benzene ring substituents is 1. The van der Waals surface area contributed by atoms with Crippen LogP contribution in [-0.4, -0.2) is 27.0 Å². The zero-order valence-electron chi connectivity index (χ0n) is 14.1. The molecule has 0 fully saturated rings. The van der Waals surface area contributed by atoms with E-state index in [1.165, 1.54) is 42.5 Å². The number of hydrogen-bond donors (Lipinski definition) is 3. The Morgan fingerprint density at radius 1 is 1.22 bits per heavy atom. The van der Waals surface area contributed by atoms with Gasteiger partial charge in [0.1, 0.15) is 0 Å². The maximum Gasteiger partial charge on any atom is 0.335 e. The summed E-state index contributed by atoms with van der Waals surface area (Å²) >= 11 is 5.05. The molecule has 138 valence electrons. The zero-order chi connectivity index (χ0) is 20.0. The number of benzene rings is 2. The largest absolute Gasteiger partial charge is 0.478 e.